The molecule has 0 aliphatic carbocycles. The predicted molar refractivity (Wildman–Crippen MR) is 91.4 cm³/mol. The summed E-state index contributed by atoms with van der Waals surface area (Å²) in [5.74, 6) is -1.71. The Morgan fingerprint density at radius 3 is 2.32 bits per heavy atom. The Morgan fingerprint density at radius 2 is 1.68 bits per heavy atom. The summed E-state index contributed by atoms with van der Waals surface area (Å²) in [5.41, 5.74) is 6.47. The summed E-state index contributed by atoms with van der Waals surface area (Å²) in [7, 11) is 0. The van der Waals surface area contributed by atoms with Gasteiger partial charge in [0.1, 0.15) is 11.8 Å². The van der Waals surface area contributed by atoms with Crippen molar-refractivity contribution in [2.75, 3.05) is 12.3 Å². The van der Waals surface area contributed by atoms with Crippen LogP contribution in [0.1, 0.15) is 27.0 Å². The van der Waals surface area contributed by atoms with E-state index in [-0.39, 0.29) is 12.4 Å². The number of nitrogens with two attached hydrogens (primary N) is 1. The van der Waals surface area contributed by atoms with E-state index in [0.29, 0.717) is 11.2 Å². The molecule has 0 spiro atoms. The molecule has 0 bridgehead atoms. The number of fused-ring (bicyclic) bond motifs is 1. The summed E-state index contributed by atoms with van der Waals surface area (Å²) in [4.78, 5) is 46.9. The third-order valence-electron chi connectivity index (χ3n) is 3.99. The lowest BCUT2D eigenvalue weighted by molar-refractivity contribution is -0.239. The second kappa shape index (κ2) is 7.76. The summed E-state index contributed by atoms with van der Waals surface area (Å²) < 4.78 is 23.2. The molecule has 0 amide bonds. The van der Waals surface area contributed by atoms with Crippen LogP contribution in [0.15, 0.2) is 12.7 Å². The molecule has 12 nitrogen and oxygen atoms in total. The highest BCUT2D eigenvalue weighted by molar-refractivity contribution is 5.81. The molecule has 3 rings (SSSR count). The number of anilines is 1. The average molecular weight is 393 g/mol. The Labute approximate surface area is 158 Å². The molecule has 4 atom stereocenters. The van der Waals surface area contributed by atoms with Crippen LogP contribution in [0, 0.1) is 0 Å². The molecule has 12 heteroatoms. The maximum atomic E-state index is 11.7. The summed E-state index contributed by atoms with van der Waals surface area (Å²) in [6, 6.07) is 0. The van der Waals surface area contributed by atoms with Gasteiger partial charge in [-0.1, -0.05) is 0 Å². The first kappa shape index (κ1) is 19.5. The van der Waals surface area contributed by atoms with Crippen molar-refractivity contribution in [1.82, 2.24) is 19.5 Å². The van der Waals surface area contributed by atoms with Crippen LogP contribution in [0.5, 0.6) is 0 Å². The first-order valence-electron chi connectivity index (χ1n) is 8.34. The van der Waals surface area contributed by atoms with Crippen LogP contribution in [0.25, 0.3) is 11.2 Å². The van der Waals surface area contributed by atoms with Gasteiger partial charge in [-0.3, -0.25) is 19.0 Å². The Morgan fingerprint density at radius 1 is 1.04 bits per heavy atom. The number of imidazole rings is 1. The van der Waals surface area contributed by atoms with Gasteiger partial charge in [-0.15, -0.1) is 0 Å². The van der Waals surface area contributed by atoms with Gasteiger partial charge in [0.25, 0.3) is 0 Å². The first-order chi connectivity index (χ1) is 13.3. The predicted octanol–water partition coefficient (Wildman–Crippen LogP) is -0.268. The average Bonchev–Trinajstić information content (AvgIpc) is 3.02. The number of esters is 3. The second-order valence-electron chi connectivity index (χ2n) is 6.10. The number of nitrogens with zero attached hydrogens (tertiary/aromatic N) is 4. The third kappa shape index (κ3) is 3.86. The highest BCUT2D eigenvalue weighted by Gasteiger charge is 2.48. The van der Waals surface area contributed by atoms with Crippen molar-refractivity contribution in [1.29, 1.82) is 0 Å². The summed E-state index contributed by atoms with van der Waals surface area (Å²) in [5, 5.41) is 0. The zero-order chi connectivity index (χ0) is 20.4. The lowest BCUT2D eigenvalue weighted by atomic mass is 10.0. The van der Waals surface area contributed by atoms with Crippen LogP contribution in [0.3, 0.4) is 0 Å². The van der Waals surface area contributed by atoms with Crippen LogP contribution in [0.4, 0.5) is 5.82 Å². The second-order valence-corrected chi connectivity index (χ2v) is 6.10. The standard InChI is InChI=1S/C16H19N5O7/c1-7(22)26-10-4-25-16(13(28-9(3)24)12(10)27-8(2)23)21-6-20-11-14(17)18-5-19-15(11)21/h5-6,10,12-13,16H,4H2,1-3H3,(H2,17,18,19)/t10-,12-,13-,16-/m1/s1. The van der Waals surface area contributed by atoms with E-state index in [4.69, 9.17) is 24.7 Å². The number of carbonyl (C=O) groups is 3. The Hall–Kier alpha value is -3.28. The monoisotopic (exact) mass is 393 g/mol. The molecule has 150 valence electrons. The van der Waals surface area contributed by atoms with Crippen molar-refractivity contribution in [3.05, 3.63) is 12.7 Å². The van der Waals surface area contributed by atoms with Gasteiger partial charge in [-0.05, 0) is 0 Å². The molecule has 0 saturated carbocycles. The molecule has 0 unspecified atom stereocenters. The Bertz CT molecular complexity index is 914. The molecular formula is C16H19N5O7. The van der Waals surface area contributed by atoms with Gasteiger partial charge in [0.15, 0.2) is 36.0 Å². The maximum absolute atomic E-state index is 11.7. The van der Waals surface area contributed by atoms with Crippen molar-refractivity contribution < 1.29 is 33.3 Å². The van der Waals surface area contributed by atoms with Gasteiger partial charge in [0.2, 0.25) is 0 Å². The fourth-order valence-electron chi connectivity index (χ4n) is 3.02. The molecule has 1 saturated heterocycles. The van der Waals surface area contributed by atoms with E-state index in [1.807, 2.05) is 0 Å². The lowest BCUT2D eigenvalue weighted by Gasteiger charge is -2.40. The molecule has 28 heavy (non-hydrogen) atoms. The molecule has 1 aliphatic rings. The molecule has 1 fully saturated rings. The normalized spacial score (nSPS) is 24.5. The van der Waals surface area contributed by atoms with Crippen molar-refractivity contribution in [2.45, 2.75) is 45.3 Å². The minimum absolute atomic E-state index is 0.111. The topological polar surface area (TPSA) is 158 Å². The Balaban J connectivity index is 2.03. The van der Waals surface area contributed by atoms with Gasteiger partial charge in [0.05, 0.1) is 12.9 Å². The van der Waals surface area contributed by atoms with E-state index in [1.165, 1.54) is 38.0 Å². The highest BCUT2D eigenvalue weighted by Crippen LogP contribution is 2.32. The van der Waals surface area contributed by atoms with Crippen LogP contribution < -0.4 is 5.73 Å². The van der Waals surface area contributed by atoms with E-state index in [1.54, 1.807) is 0 Å². The van der Waals surface area contributed by atoms with E-state index in [0.717, 1.165) is 0 Å². The molecule has 3 heterocycles. The van der Waals surface area contributed by atoms with E-state index >= 15 is 0 Å². The van der Waals surface area contributed by atoms with Crippen molar-refractivity contribution in [3.63, 3.8) is 0 Å². The van der Waals surface area contributed by atoms with Crippen molar-refractivity contribution in [2.24, 2.45) is 0 Å². The largest absolute Gasteiger partial charge is 0.456 e. The lowest BCUT2D eigenvalue weighted by Crippen LogP contribution is -2.55. The van der Waals surface area contributed by atoms with Crippen LogP contribution in [0.2, 0.25) is 0 Å². The number of ether oxygens (including phenoxy) is 4. The minimum atomic E-state index is -1.13. The van der Waals surface area contributed by atoms with Crippen molar-refractivity contribution >= 4 is 34.9 Å². The van der Waals surface area contributed by atoms with Gasteiger partial charge in [-0.2, -0.15) is 0 Å². The van der Waals surface area contributed by atoms with E-state index < -0.39 is 42.4 Å². The van der Waals surface area contributed by atoms with Crippen LogP contribution in [-0.2, 0) is 33.3 Å². The molecule has 0 aromatic carbocycles. The van der Waals surface area contributed by atoms with Crippen LogP contribution >= 0.6 is 0 Å². The first-order valence-corrected chi connectivity index (χ1v) is 8.34. The molecule has 2 aromatic rings. The number of hydrogen-bond acceptors (Lipinski definition) is 11. The molecule has 1 aliphatic heterocycles. The fraction of sp³-hybridized carbons (Fsp3) is 0.500. The van der Waals surface area contributed by atoms with Gasteiger partial charge >= 0.3 is 17.9 Å². The van der Waals surface area contributed by atoms with Gasteiger partial charge in [-0.25, -0.2) is 15.0 Å². The third-order valence-corrected chi connectivity index (χ3v) is 3.99. The molecule has 2 N–H and O–H groups in total. The number of nitrogen functional groups attached to an aromatic ring is 1. The fourth-order valence-corrected chi connectivity index (χ4v) is 3.02. The molecule has 2 aromatic heterocycles. The van der Waals surface area contributed by atoms with Gasteiger partial charge < -0.3 is 24.7 Å². The van der Waals surface area contributed by atoms with E-state index in [9.17, 15) is 14.4 Å². The number of rotatable bonds is 4. The number of aromatic nitrogens is 4. The Kier molecular flexibility index (Phi) is 5.40. The van der Waals surface area contributed by atoms with Gasteiger partial charge in [0, 0.05) is 20.8 Å². The summed E-state index contributed by atoms with van der Waals surface area (Å²) >= 11 is 0. The zero-order valence-corrected chi connectivity index (χ0v) is 15.4. The van der Waals surface area contributed by atoms with Crippen molar-refractivity contribution in [3.8, 4) is 0 Å². The molecule has 0 radical (unpaired) electrons. The SMILES string of the molecule is CC(=O)O[C@@H]1[C@H](OC(C)=O)[C@H](OC(C)=O)CO[C@H]1n1cnc2c(N)ncnc21. The highest BCUT2D eigenvalue weighted by atomic mass is 16.6. The number of carbonyl (C=O) groups excluding carboxylic acids is 3. The quantitative estimate of drug-likeness (QED) is 0.538. The smallest absolute Gasteiger partial charge is 0.303 e. The summed E-state index contributed by atoms with van der Waals surface area (Å²) in [6.45, 7) is 3.49. The minimum Gasteiger partial charge on any atom is -0.456 e. The maximum Gasteiger partial charge on any atom is 0.303 e. The molecular weight excluding hydrogens is 374 g/mol. The van der Waals surface area contributed by atoms with Crippen LogP contribution in [-0.4, -0.2) is 62.3 Å². The number of hydrogen-bond donors (Lipinski definition) is 1. The summed E-state index contributed by atoms with van der Waals surface area (Å²) in [6.07, 6.45) is -1.50. The van der Waals surface area contributed by atoms with E-state index in [2.05, 4.69) is 15.0 Å². The zero-order valence-electron chi connectivity index (χ0n) is 15.4.